The van der Waals surface area contributed by atoms with Gasteiger partial charge < -0.3 is 9.84 Å². The Hall–Kier alpha value is -2.43. The predicted molar refractivity (Wildman–Crippen MR) is 78.6 cm³/mol. The Balaban J connectivity index is 1.66. The minimum Gasteiger partial charge on any atom is -0.355 e. The Kier molecular flexibility index (Phi) is 3.81. The molecule has 1 fully saturated rings. The van der Waals surface area contributed by atoms with E-state index in [1.165, 1.54) is 5.57 Å². The fraction of sp³-hybridized carbons (Fsp3) is 0.312. The van der Waals surface area contributed by atoms with Crippen LogP contribution < -0.4 is 5.32 Å². The van der Waals surface area contributed by atoms with Gasteiger partial charge in [0, 0.05) is 30.1 Å². The standard InChI is InChI=1S/C16H17N3O2/c1-11-4-6-13(7-5-11)18-16(20)14-9-15(21-19-14)12-3-2-8-17-10-12/h2-3,8-10,13H,1,4-7H2,(H,18,20). The molecule has 0 unspecified atom stereocenters. The molecular formula is C16H17N3O2. The van der Waals surface area contributed by atoms with Crippen LogP contribution in [0.5, 0.6) is 0 Å². The van der Waals surface area contributed by atoms with E-state index in [0.717, 1.165) is 31.2 Å². The van der Waals surface area contributed by atoms with Gasteiger partial charge in [-0.25, -0.2) is 0 Å². The van der Waals surface area contributed by atoms with Crippen molar-refractivity contribution in [1.82, 2.24) is 15.5 Å². The van der Waals surface area contributed by atoms with Crippen LogP contribution in [0.1, 0.15) is 36.2 Å². The van der Waals surface area contributed by atoms with Crippen LogP contribution >= 0.6 is 0 Å². The van der Waals surface area contributed by atoms with E-state index < -0.39 is 0 Å². The van der Waals surface area contributed by atoms with Gasteiger partial charge >= 0.3 is 0 Å². The topological polar surface area (TPSA) is 68.0 Å². The van der Waals surface area contributed by atoms with Crippen molar-refractivity contribution in [2.45, 2.75) is 31.7 Å². The fourth-order valence-electron chi connectivity index (χ4n) is 2.46. The summed E-state index contributed by atoms with van der Waals surface area (Å²) in [6, 6.07) is 5.52. The lowest BCUT2D eigenvalue weighted by atomic mass is 9.92. The van der Waals surface area contributed by atoms with Gasteiger partial charge in [0.15, 0.2) is 11.5 Å². The molecule has 1 saturated carbocycles. The second kappa shape index (κ2) is 5.91. The maximum atomic E-state index is 12.2. The summed E-state index contributed by atoms with van der Waals surface area (Å²) in [7, 11) is 0. The number of aromatic nitrogens is 2. The minimum absolute atomic E-state index is 0.189. The van der Waals surface area contributed by atoms with Gasteiger partial charge in [0.1, 0.15) is 0 Å². The Morgan fingerprint density at radius 1 is 1.38 bits per heavy atom. The summed E-state index contributed by atoms with van der Waals surface area (Å²) < 4.78 is 5.21. The Morgan fingerprint density at radius 3 is 2.90 bits per heavy atom. The first kappa shape index (κ1) is 13.5. The summed E-state index contributed by atoms with van der Waals surface area (Å²) in [5, 5.41) is 6.84. The summed E-state index contributed by atoms with van der Waals surface area (Å²) in [6.45, 7) is 3.98. The minimum atomic E-state index is -0.189. The number of pyridine rings is 1. The van der Waals surface area contributed by atoms with E-state index in [4.69, 9.17) is 4.52 Å². The van der Waals surface area contributed by atoms with Crippen molar-refractivity contribution in [3.05, 3.63) is 48.4 Å². The number of carbonyl (C=O) groups excluding carboxylic acids is 1. The lowest BCUT2D eigenvalue weighted by Gasteiger charge is -2.23. The lowest BCUT2D eigenvalue weighted by molar-refractivity contribution is 0.0921. The van der Waals surface area contributed by atoms with Gasteiger partial charge in [0.2, 0.25) is 0 Å². The molecule has 2 aromatic heterocycles. The van der Waals surface area contributed by atoms with Crippen molar-refractivity contribution < 1.29 is 9.32 Å². The molecule has 1 aliphatic rings. The first-order valence-electron chi connectivity index (χ1n) is 7.07. The molecule has 0 aliphatic heterocycles. The molecule has 108 valence electrons. The van der Waals surface area contributed by atoms with Crippen molar-refractivity contribution >= 4 is 5.91 Å². The molecule has 2 aromatic rings. The predicted octanol–water partition coefficient (Wildman–Crippen LogP) is 2.97. The molecule has 0 aromatic carbocycles. The summed E-state index contributed by atoms with van der Waals surface area (Å²) >= 11 is 0. The number of hydrogen-bond donors (Lipinski definition) is 1. The first-order chi connectivity index (χ1) is 10.2. The first-order valence-corrected chi connectivity index (χ1v) is 7.07. The van der Waals surface area contributed by atoms with Gasteiger partial charge in [-0.05, 0) is 37.8 Å². The molecule has 1 N–H and O–H groups in total. The zero-order valence-corrected chi connectivity index (χ0v) is 11.7. The third kappa shape index (κ3) is 3.18. The van der Waals surface area contributed by atoms with Crippen molar-refractivity contribution in [2.75, 3.05) is 0 Å². The van der Waals surface area contributed by atoms with Crippen LogP contribution in [0.2, 0.25) is 0 Å². The third-order valence-electron chi connectivity index (χ3n) is 3.72. The van der Waals surface area contributed by atoms with Crippen LogP contribution in [0, 0.1) is 0 Å². The lowest BCUT2D eigenvalue weighted by Crippen LogP contribution is -2.36. The molecule has 0 bridgehead atoms. The largest absolute Gasteiger partial charge is 0.355 e. The summed E-state index contributed by atoms with van der Waals surface area (Å²) in [4.78, 5) is 16.2. The average Bonchev–Trinajstić information content (AvgIpc) is 3.00. The Morgan fingerprint density at radius 2 is 2.19 bits per heavy atom. The molecular weight excluding hydrogens is 266 g/mol. The molecule has 5 nitrogen and oxygen atoms in total. The van der Waals surface area contributed by atoms with E-state index in [9.17, 15) is 4.79 Å². The highest BCUT2D eigenvalue weighted by Crippen LogP contribution is 2.23. The third-order valence-corrected chi connectivity index (χ3v) is 3.72. The summed E-state index contributed by atoms with van der Waals surface area (Å²) in [5.74, 6) is 0.358. The van der Waals surface area contributed by atoms with Crippen molar-refractivity contribution in [3.63, 3.8) is 0 Å². The molecule has 0 radical (unpaired) electrons. The average molecular weight is 283 g/mol. The van der Waals surface area contributed by atoms with Crippen molar-refractivity contribution in [2.24, 2.45) is 0 Å². The molecule has 2 heterocycles. The van der Waals surface area contributed by atoms with Gasteiger partial charge in [-0.15, -0.1) is 0 Å². The van der Waals surface area contributed by atoms with Crippen LogP contribution in [0.3, 0.4) is 0 Å². The Bertz CT molecular complexity index is 639. The number of hydrogen-bond acceptors (Lipinski definition) is 4. The van der Waals surface area contributed by atoms with Crippen LogP contribution in [0.25, 0.3) is 11.3 Å². The van der Waals surface area contributed by atoms with Crippen molar-refractivity contribution in [3.8, 4) is 11.3 Å². The van der Waals surface area contributed by atoms with E-state index in [1.54, 1.807) is 18.5 Å². The zero-order chi connectivity index (χ0) is 14.7. The summed E-state index contributed by atoms with van der Waals surface area (Å²) in [5.41, 5.74) is 2.37. The number of amides is 1. The number of nitrogens with zero attached hydrogens (tertiary/aromatic N) is 2. The van der Waals surface area contributed by atoms with E-state index in [-0.39, 0.29) is 11.9 Å². The quantitative estimate of drug-likeness (QED) is 0.879. The monoisotopic (exact) mass is 283 g/mol. The second-order valence-corrected chi connectivity index (χ2v) is 5.32. The fourth-order valence-corrected chi connectivity index (χ4v) is 2.46. The number of allylic oxidation sites excluding steroid dienone is 1. The van der Waals surface area contributed by atoms with Gasteiger partial charge in [0.05, 0.1) is 0 Å². The van der Waals surface area contributed by atoms with E-state index in [2.05, 4.69) is 22.0 Å². The van der Waals surface area contributed by atoms with Crippen molar-refractivity contribution in [1.29, 1.82) is 0 Å². The molecule has 1 amide bonds. The molecule has 3 rings (SSSR count). The molecule has 5 heteroatoms. The highest BCUT2D eigenvalue weighted by atomic mass is 16.5. The van der Waals surface area contributed by atoms with Gasteiger partial charge in [-0.1, -0.05) is 17.3 Å². The van der Waals surface area contributed by atoms with Crippen LogP contribution in [-0.4, -0.2) is 22.1 Å². The molecule has 21 heavy (non-hydrogen) atoms. The van der Waals surface area contributed by atoms with Gasteiger partial charge in [-0.2, -0.15) is 0 Å². The second-order valence-electron chi connectivity index (χ2n) is 5.32. The smallest absolute Gasteiger partial charge is 0.273 e. The highest BCUT2D eigenvalue weighted by Gasteiger charge is 2.20. The van der Waals surface area contributed by atoms with Crippen LogP contribution in [0.4, 0.5) is 0 Å². The van der Waals surface area contributed by atoms with E-state index in [0.29, 0.717) is 11.5 Å². The maximum Gasteiger partial charge on any atom is 0.273 e. The normalized spacial score (nSPS) is 15.9. The molecule has 0 saturated heterocycles. The summed E-state index contributed by atoms with van der Waals surface area (Å²) in [6.07, 6.45) is 7.20. The molecule has 0 atom stereocenters. The van der Waals surface area contributed by atoms with E-state index >= 15 is 0 Å². The SMILES string of the molecule is C=C1CCC(NC(=O)c2cc(-c3cccnc3)on2)CC1. The molecule has 0 spiro atoms. The number of nitrogens with one attached hydrogen (secondary N) is 1. The number of carbonyl (C=O) groups is 1. The van der Waals surface area contributed by atoms with Crippen LogP contribution in [-0.2, 0) is 0 Å². The maximum absolute atomic E-state index is 12.2. The van der Waals surface area contributed by atoms with E-state index in [1.807, 2.05) is 12.1 Å². The number of rotatable bonds is 3. The highest BCUT2D eigenvalue weighted by molar-refractivity contribution is 5.93. The molecule has 1 aliphatic carbocycles. The Labute approximate surface area is 123 Å². The van der Waals surface area contributed by atoms with Gasteiger partial charge in [0.25, 0.3) is 5.91 Å². The van der Waals surface area contributed by atoms with Gasteiger partial charge in [-0.3, -0.25) is 9.78 Å². The zero-order valence-electron chi connectivity index (χ0n) is 11.7. The van der Waals surface area contributed by atoms with Crippen LogP contribution in [0.15, 0.2) is 47.3 Å².